The van der Waals surface area contributed by atoms with Crippen LogP contribution in [0.1, 0.15) is 0 Å². The van der Waals surface area contributed by atoms with Crippen molar-refractivity contribution in [3.63, 3.8) is 0 Å². The van der Waals surface area contributed by atoms with Gasteiger partial charge in [0.2, 0.25) is 11.2 Å². The second kappa shape index (κ2) is 6.41. The Morgan fingerprint density at radius 3 is 2.38 bits per heavy atom. The number of aromatic nitrogens is 2. The second-order valence-corrected chi connectivity index (χ2v) is 4.66. The van der Waals surface area contributed by atoms with E-state index >= 15 is 0 Å². The molecule has 0 fully saturated rings. The van der Waals surface area contributed by atoms with E-state index in [0.717, 1.165) is 16.7 Å². The molecular formula is C16H13ClN2O2. The summed E-state index contributed by atoms with van der Waals surface area (Å²) in [6.07, 6.45) is 0. The SMILES string of the molecule is Clc1nc(OCCOc2ccccc2)c2ccccc2n1. The first-order valence-corrected chi connectivity index (χ1v) is 6.94. The van der Waals surface area contributed by atoms with Gasteiger partial charge in [-0.25, -0.2) is 4.98 Å². The average Bonchev–Trinajstić information content (AvgIpc) is 2.52. The van der Waals surface area contributed by atoms with E-state index in [1.54, 1.807) is 0 Å². The summed E-state index contributed by atoms with van der Waals surface area (Å²) in [6, 6.07) is 17.2. The van der Waals surface area contributed by atoms with Crippen molar-refractivity contribution in [2.45, 2.75) is 0 Å². The smallest absolute Gasteiger partial charge is 0.226 e. The van der Waals surface area contributed by atoms with Gasteiger partial charge in [0.1, 0.15) is 19.0 Å². The van der Waals surface area contributed by atoms with E-state index in [9.17, 15) is 0 Å². The molecule has 0 aliphatic rings. The van der Waals surface area contributed by atoms with Gasteiger partial charge in [-0.15, -0.1) is 0 Å². The van der Waals surface area contributed by atoms with E-state index in [0.29, 0.717) is 19.1 Å². The highest BCUT2D eigenvalue weighted by Gasteiger charge is 2.07. The topological polar surface area (TPSA) is 44.2 Å². The zero-order chi connectivity index (χ0) is 14.5. The van der Waals surface area contributed by atoms with Crippen molar-refractivity contribution in [2.24, 2.45) is 0 Å². The molecule has 1 heterocycles. The zero-order valence-corrected chi connectivity index (χ0v) is 12.0. The maximum atomic E-state index is 5.90. The second-order valence-electron chi connectivity index (χ2n) is 4.32. The average molecular weight is 301 g/mol. The van der Waals surface area contributed by atoms with E-state index in [1.807, 2.05) is 54.6 Å². The van der Waals surface area contributed by atoms with Gasteiger partial charge < -0.3 is 9.47 Å². The Morgan fingerprint density at radius 1 is 0.810 bits per heavy atom. The highest BCUT2D eigenvalue weighted by atomic mass is 35.5. The number of para-hydroxylation sites is 2. The molecule has 2 aromatic carbocycles. The summed E-state index contributed by atoms with van der Waals surface area (Å²) >= 11 is 5.90. The van der Waals surface area contributed by atoms with Gasteiger partial charge in [0.05, 0.1) is 10.9 Å². The molecule has 0 bridgehead atoms. The van der Waals surface area contributed by atoms with Crippen LogP contribution >= 0.6 is 11.6 Å². The normalized spacial score (nSPS) is 10.5. The number of rotatable bonds is 5. The minimum Gasteiger partial charge on any atom is -0.490 e. The molecular weight excluding hydrogens is 288 g/mol. The Morgan fingerprint density at radius 2 is 1.52 bits per heavy atom. The molecule has 4 nitrogen and oxygen atoms in total. The van der Waals surface area contributed by atoms with E-state index in [-0.39, 0.29) is 5.28 Å². The molecule has 0 amide bonds. The molecule has 0 aliphatic carbocycles. The summed E-state index contributed by atoms with van der Waals surface area (Å²) in [5.41, 5.74) is 0.761. The van der Waals surface area contributed by atoms with E-state index in [1.165, 1.54) is 0 Å². The van der Waals surface area contributed by atoms with Gasteiger partial charge in [0, 0.05) is 0 Å². The molecule has 3 rings (SSSR count). The predicted octanol–water partition coefficient (Wildman–Crippen LogP) is 3.74. The van der Waals surface area contributed by atoms with Crippen LogP contribution < -0.4 is 9.47 Å². The van der Waals surface area contributed by atoms with Gasteiger partial charge >= 0.3 is 0 Å². The van der Waals surface area contributed by atoms with Crippen LogP contribution in [-0.2, 0) is 0 Å². The van der Waals surface area contributed by atoms with E-state index < -0.39 is 0 Å². The van der Waals surface area contributed by atoms with Crippen LogP contribution in [0.3, 0.4) is 0 Å². The van der Waals surface area contributed by atoms with Gasteiger partial charge in [0.25, 0.3) is 0 Å². The fourth-order valence-corrected chi connectivity index (χ4v) is 2.11. The zero-order valence-electron chi connectivity index (χ0n) is 11.2. The van der Waals surface area contributed by atoms with Crippen molar-refractivity contribution >= 4 is 22.5 Å². The van der Waals surface area contributed by atoms with Crippen molar-refractivity contribution < 1.29 is 9.47 Å². The fourth-order valence-electron chi connectivity index (χ4n) is 1.95. The van der Waals surface area contributed by atoms with E-state index in [2.05, 4.69) is 9.97 Å². The lowest BCUT2D eigenvalue weighted by Gasteiger charge is -2.09. The molecule has 3 aromatic rings. The van der Waals surface area contributed by atoms with Crippen LogP contribution in [0.15, 0.2) is 54.6 Å². The number of benzene rings is 2. The number of ether oxygens (including phenoxy) is 2. The van der Waals surface area contributed by atoms with E-state index in [4.69, 9.17) is 21.1 Å². The molecule has 0 atom stereocenters. The van der Waals surface area contributed by atoms with Gasteiger partial charge in [-0.3, -0.25) is 0 Å². The Kier molecular flexibility index (Phi) is 4.17. The fraction of sp³-hybridized carbons (Fsp3) is 0.125. The molecule has 0 saturated carbocycles. The van der Waals surface area contributed by atoms with Crippen LogP contribution in [0.25, 0.3) is 10.9 Å². The third kappa shape index (κ3) is 3.41. The molecule has 0 saturated heterocycles. The largest absolute Gasteiger partial charge is 0.490 e. The third-order valence-corrected chi connectivity index (χ3v) is 3.04. The lowest BCUT2D eigenvalue weighted by atomic mass is 10.2. The number of nitrogens with zero attached hydrogens (tertiary/aromatic N) is 2. The van der Waals surface area contributed by atoms with Crippen molar-refractivity contribution in [3.8, 4) is 11.6 Å². The molecule has 5 heteroatoms. The number of halogens is 1. The molecule has 1 aromatic heterocycles. The molecule has 0 radical (unpaired) electrons. The molecule has 0 spiro atoms. The summed E-state index contributed by atoms with van der Waals surface area (Å²) in [7, 11) is 0. The van der Waals surface area contributed by atoms with Crippen LogP contribution in [0, 0.1) is 0 Å². The summed E-state index contributed by atoms with van der Waals surface area (Å²) in [5, 5.41) is 1.01. The lowest BCUT2D eigenvalue weighted by molar-refractivity contribution is 0.213. The highest BCUT2D eigenvalue weighted by Crippen LogP contribution is 2.23. The lowest BCUT2D eigenvalue weighted by Crippen LogP contribution is -2.10. The van der Waals surface area contributed by atoms with Crippen molar-refractivity contribution in [1.29, 1.82) is 0 Å². The molecule has 106 valence electrons. The number of hydrogen-bond donors (Lipinski definition) is 0. The first kappa shape index (κ1) is 13.6. The monoisotopic (exact) mass is 300 g/mol. The Balaban J connectivity index is 1.65. The first-order valence-electron chi connectivity index (χ1n) is 6.56. The summed E-state index contributed by atoms with van der Waals surface area (Å²) in [6.45, 7) is 0.812. The Labute approximate surface area is 127 Å². The van der Waals surface area contributed by atoms with Gasteiger partial charge in [0.15, 0.2) is 0 Å². The van der Waals surface area contributed by atoms with Gasteiger partial charge in [-0.05, 0) is 35.9 Å². The molecule has 0 unspecified atom stereocenters. The Bertz CT molecular complexity index is 735. The standard InChI is InChI=1S/C16H13ClN2O2/c17-16-18-14-9-5-4-8-13(14)15(19-16)21-11-10-20-12-6-2-1-3-7-12/h1-9H,10-11H2. The molecule has 0 aliphatic heterocycles. The van der Waals surface area contributed by atoms with Gasteiger partial charge in [-0.2, -0.15) is 4.98 Å². The molecule has 0 N–H and O–H groups in total. The summed E-state index contributed by atoms with van der Waals surface area (Å²) < 4.78 is 11.2. The minimum absolute atomic E-state index is 0.174. The van der Waals surface area contributed by atoms with Crippen LogP contribution in [0.4, 0.5) is 0 Å². The predicted molar refractivity (Wildman–Crippen MR) is 82.0 cm³/mol. The quantitative estimate of drug-likeness (QED) is 0.532. The van der Waals surface area contributed by atoms with Crippen molar-refractivity contribution in [3.05, 3.63) is 59.9 Å². The summed E-state index contributed by atoms with van der Waals surface area (Å²) in [5.74, 6) is 1.29. The number of hydrogen-bond acceptors (Lipinski definition) is 4. The van der Waals surface area contributed by atoms with Crippen molar-refractivity contribution in [2.75, 3.05) is 13.2 Å². The van der Waals surface area contributed by atoms with Gasteiger partial charge in [-0.1, -0.05) is 30.3 Å². The first-order chi connectivity index (χ1) is 10.3. The molecule has 21 heavy (non-hydrogen) atoms. The maximum absolute atomic E-state index is 5.90. The Hall–Kier alpha value is -2.33. The van der Waals surface area contributed by atoms with Crippen LogP contribution in [-0.4, -0.2) is 23.2 Å². The maximum Gasteiger partial charge on any atom is 0.226 e. The number of fused-ring (bicyclic) bond motifs is 1. The summed E-state index contributed by atoms with van der Waals surface area (Å²) in [4.78, 5) is 8.28. The van der Waals surface area contributed by atoms with Crippen LogP contribution in [0.2, 0.25) is 5.28 Å². The van der Waals surface area contributed by atoms with Crippen LogP contribution in [0.5, 0.6) is 11.6 Å². The minimum atomic E-state index is 0.174. The highest BCUT2D eigenvalue weighted by molar-refractivity contribution is 6.28. The van der Waals surface area contributed by atoms with Crippen molar-refractivity contribution in [1.82, 2.24) is 9.97 Å². The third-order valence-electron chi connectivity index (χ3n) is 2.88.